The molecule has 2 N–H and O–H groups in total. The predicted octanol–water partition coefficient (Wildman–Crippen LogP) is 1.74. The summed E-state index contributed by atoms with van der Waals surface area (Å²) in [7, 11) is 0. The highest BCUT2D eigenvalue weighted by Crippen LogP contribution is 2.32. The zero-order valence-electron chi connectivity index (χ0n) is 16.6. The fraction of sp³-hybridized carbons (Fsp3) is 0.550. The lowest BCUT2D eigenvalue weighted by Crippen LogP contribution is -2.46. The largest absolute Gasteiger partial charge is 0.483 e. The summed E-state index contributed by atoms with van der Waals surface area (Å²) in [4.78, 5) is 22.6. The number of rotatable bonds is 2. The van der Waals surface area contributed by atoms with Crippen LogP contribution in [0.2, 0.25) is 0 Å². The van der Waals surface area contributed by atoms with E-state index in [1.54, 1.807) is 4.57 Å². The first-order valence-corrected chi connectivity index (χ1v) is 9.44. The van der Waals surface area contributed by atoms with Gasteiger partial charge in [0.25, 0.3) is 6.47 Å². The Hall–Kier alpha value is -2.45. The molecule has 1 unspecified atom stereocenters. The van der Waals surface area contributed by atoms with E-state index in [1.165, 1.54) is 11.1 Å². The van der Waals surface area contributed by atoms with Crippen LogP contribution < -0.4 is 5.69 Å². The van der Waals surface area contributed by atoms with Crippen molar-refractivity contribution >= 4 is 6.47 Å². The lowest BCUT2D eigenvalue weighted by Gasteiger charge is -2.33. The molecule has 3 heterocycles. The molecule has 0 bridgehead atoms. The second kappa shape index (κ2) is 7.89. The summed E-state index contributed by atoms with van der Waals surface area (Å²) >= 11 is 0. The molecule has 4 rings (SSSR count). The molecule has 2 aliphatic heterocycles. The van der Waals surface area contributed by atoms with Gasteiger partial charge in [-0.25, -0.2) is 9.89 Å². The van der Waals surface area contributed by atoms with E-state index in [0.717, 1.165) is 26.1 Å². The predicted molar refractivity (Wildman–Crippen MR) is 104 cm³/mol. The van der Waals surface area contributed by atoms with Crippen LogP contribution in [0, 0.1) is 0 Å². The van der Waals surface area contributed by atoms with Crippen LogP contribution >= 0.6 is 0 Å². The van der Waals surface area contributed by atoms with Gasteiger partial charge >= 0.3 is 5.69 Å². The van der Waals surface area contributed by atoms with E-state index >= 15 is 0 Å². The first-order chi connectivity index (χ1) is 13.3. The second-order valence-electron chi connectivity index (χ2n) is 8.52. The molecule has 0 radical (unpaired) electrons. The van der Waals surface area contributed by atoms with Crippen LogP contribution in [-0.2, 0) is 34.6 Å². The van der Waals surface area contributed by atoms with Gasteiger partial charge in [-0.15, -0.1) is 0 Å². The Morgan fingerprint density at radius 1 is 1.29 bits per heavy atom. The van der Waals surface area contributed by atoms with Crippen molar-refractivity contribution in [3.8, 4) is 0 Å². The van der Waals surface area contributed by atoms with Crippen molar-refractivity contribution in [2.24, 2.45) is 0 Å². The minimum Gasteiger partial charge on any atom is -0.483 e. The van der Waals surface area contributed by atoms with Gasteiger partial charge in [0.2, 0.25) is 0 Å². The van der Waals surface area contributed by atoms with Crippen LogP contribution in [0.3, 0.4) is 0 Å². The van der Waals surface area contributed by atoms with Gasteiger partial charge in [0.05, 0.1) is 6.54 Å². The quantitative estimate of drug-likeness (QED) is 0.760. The third-order valence-electron chi connectivity index (χ3n) is 5.41. The molecule has 152 valence electrons. The molecule has 2 aliphatic rings. The van der Waals surface area contributed by atoms with Crippen molar-refractivity contribution in [2.75, 3.05) is 13.1 Å². The number of fused-ring (bicyclic) bond motifs is 1. The normalized spacial score (nSPS) is 21.8. The number of benzene rings is 1. The molecule has 0 amide bonds. The number of H-pyrrole nitrogens is 1. The van der Waals surface area contributed by atoms with E-state index in [2.05, 4.69) is 60.1 Å². The number of nitrogens with zero attached hydrogens (tertiary/aromatic N) is 3. The van der Waals surface area contributed by atoms with Crippen molar-refractivity contribution in [1.82, 2.24) is 19.7 Å². The standard InChI is InChI=1S/C19H26N4O2.CH2O2/c1-18(2,3)15-6-4-14(5-7-15)10-22-9-8-19(12-22)13-23-16(11-25-19)20-21-17(23)24;2-1-3/h4-7H,8-13H2,1-3H3,(H,21,24);1H,(H,2,3). The molecule has 0 aliphatic carbocycles. The van der Waals surface area contributed by atoms with Gasteiger partial charge in [0.15, 0.2) is 5.82 Å². The first-order valence-electron chi connectivity index (χ1n) is 9.44. The number of hydrogen-bond donors (Lipinski definition) is 2. The fourth-order valence-corrected chi connectivity index (χ4v) is 3.85. The number of aromatic amines is 1. The SMILES string of the molecule is CC(C)(C)c1ccc(CN2CCC3(C2)Cn2c(n[nH]c2=O)CO3)cc1.O=CO. The number of likely N-dealkylation sites (tertiary alicyclic amines) is 1. The Labute approximate surface area is 164 Å². The number of aromatic nitrogens is 3. The summed E-state index contributed by atoms with van der Waals surface area (Å²) in [6.45, 7) is 10.2. The van der Waals surface area contributed by atoms with Gasteiger partial charge in [-0.1, -0.05) is 45.0 Å². The zero-order chi connectivity index (χ0) is 20.4. The summed E-state index contributed by atoms with van der Waals surface area (Å²) in [6.07, 6.45) is 0.949. The molecular formula is C20H28N4O4. The molecule has 1 spiro atoms. The molecular weight excluding hydrogens is 360 g/mol. The number of carbonyl (C=O) groups is 1. The van der Waals surface area contributed by atoms with E-state index in [-0.39, 0.29) is 23.2 Å². The topological polar surface area (TPSA) is 100 Å². The van der Waals surface area contributed by atoms with E-state index in [0.29, 0.717) is 19.0 Å². The maximum atomic E-state index is 11.9. The summed E-state index contributed by atoms with van der Waals surface area (Å²) in [5, 5.41) is 13.4. The van der Waals surface area contributed by atoms with Crippen LogP contribution in [0.5, 0.6) is 0 Å². The molecule has 8 heteroatoms. The minimum atomic E-state index is -0.258. The second-order valence-corrected chi connectivity index (χ2v) is 8.52. The van der Waals surface area contributed by atoms with Gasteiger partial charge in [-0.3, -0.25) is 14.3 Å². The van der Waals surface area contributed by atoms with Crippen LogP contribution in [0.4, 0.5) is 0 Å². The van der Waals surface area contributed by atoms with Gasteiger partial charge in [0.1, 0.15) is 12.2 Å². The summed E-state index contributed by atoms with van der Waals surface area (Å²) in [6, 6.07) is 8.92. The van der Waals surface area contributed by atoms with Gasteiger partial charge in [-0.05, 0) is 23.0 Å². The molecule has 2 aromatic rings. The molecule has 1 atom stereocenters. The van der Waals surface area contributed by atoms with E-state index < -0.39 is 0 Å². The summed E-state index contributed by atoms with van der Waals surface area (Å²) in [5.41, 5.74) is 2.47. The smallest absolute Gasteiger partial charge is 0.343 e. The first kappa shape index (κ1) is 20.3. The zero-order valence-corrected chi connectivity index (χ0v) is 16.6. The van der Waals surface area contributed by atoms with Crippen molar-refractivity contribution in [3.63, 3.8) is 0 Å². The molecule has 1 aromatic heterocycles. The summed E-state index contributed by atoms with van der Waals surface area (Å²) < 4.78 is 7.84. The fourth-order valence-electron chi connectivity index (χ4n) is 3.85. The Balaban J connectivity index is 0.000000706. The van der Waals surface area contributed by atoms with Crippen LogP contribution in [-0.4, -0.2) is 49.9 Å². The highest BCUT2D eigenvalue weighted by molar-refractivity contribution is 5.32. The Kier molecular flexibility index (Phi) is 5.71. The maximum absolute atomic E-state index is 11.9. The van der Waals surface area contributed by atoms with Gasteiger partial charge in [-0.2, -0.15) is 5.10 Å². The van der Waals surface area contributed by atoms with Gasteiger partial charge in [0, 0.05) is 19.6 Å². The number of carboxylic acid groups (broad SMARTS) is 1. The molecule has 8 nitrogen and oxygen atoms in total. The number of ether oxygens (including phenoxy) is 1. The lowest BCUT2D eigenvalue weighted by atomic mass is 9.87. The van der Waals surface area contributed by atoms with Crippen molar-refractivity contribution < 1.29 is 14.6 Å². The van der Waals surface area contributed by atoms with Crippen LogP contribution in [0.25, 0.3) is 0 Å². The highest BCUT2D eigenvalue weighted by atomic mass is 16.5. The molecule has 28 heavy (non-hydrogen) atoms. The van der Waals surface area contributed by atoms with Crippen molar-refractivity contribution in [1.29, 1.82) is 0 Å². The van der Waals surface area contributed by atoms with E-state index in [4.69, 9.17) is 14.6 Å². The summed E-state index contributed by atoms with van der Waals surface area (Å²) in [5.74, 6) is 0.701. The molecule has 0 saturated carbocycles. The molecule has 1 fully saturated rings. The van der Waals surface area contributed by atoms with Crippen LogP contribution in [0.1, 0.15) is 44.1 Å². The Morgan fingerprint density at radius 2 is 1.96 bits per heavy atom. The average molecular weight is 388 g/mol. The third kappa shape index (κ3) is 4.34. The van der Waals surface area contributed by atoms with Crippen molar-refractivity contribution in [2.45, 2.75) is 57.9 Å². The number of nitrogens with one attached hydrogen (secondary N) is 1. The Bertz CT molecular complexity index is 866. The Morgan fingerprint density at radius 3 is 2.61 bits per heavy atom. The van der Waals surface area contributed by atoms with E-state index in [1.807, 2.05) is 0 Å². The molecule has 1 saturated heterocycles. The average Bonchev–Trinajstić information content (AvgIpc) is 3.20. The third-order valence-corrected chi connectivity index (χ3v) is 5.41. The van der Waals surface area contributed by atoms with Crippen LogP contribution in [0.15, 0.2) is 29.1 Å². The minimum absolute atomic E-state index is 0.131. The lowest BCUT2D eigenvalue weighted by molar-refractivity contribution is -0.122. The molecule has 1 aromatic carbocycles. The number of hydrogen-bond acceptors (Lipinski definition) is 5. The van der Waals surface area contributed by atoms with Gasteiger partial charge < -0.3 is 9.84 Å². The monoisotopic (exact) mass is 388 g/mol. The highest BCUT2D eigenvalue weighted by Gasteiger charge is 2.43. The van der Waals surface area contributed by atoms with Crippen molar-refractivity contribution in [3.05, 3.63) is 51.7 Å². The maximum Gasteiger partial charge on any atom is 0.343 e. The van der Waals surface area contributed by atoms with E-state index in [9.17, 15) is 4.79 Å².